The summed E-state index contributed by atoms with van der Waals surface area (Å²) in [6.07, 6.45) is 0.174. The maximum Gasteiger partial charge on any atom is 0.220 e. The minimum absolute atomic E-state index is 0.149. The van der Waals surface area contributed by atoms with E-state index in [1.54, 1.807) is 45.4 Å². The molecule has 0 aliphatic carbocycles. The van der Waals surface area contributed by atoms with Crippen LogP contribution in [0.5, 0.6) is 11.5 Å². The van der Waals surface area contributed by atoms with E-state index in [0.717, 1.165) is 17.3 Å². The first-order chi connectivity index (χ1) is 16.3. The molecule has 0 bridgehead atoms. The van der Waals surface area contributed by atoms with Gasteiger partial charge in [-0.25, -0.2) is 12.8 Å². The Labute approximate surface area is 200 Å². The number of halogens is 1. The van der Waals surface area contributed by atoms with Crippen LogP contribution in [0.2, 0.25) is 0 Å². The third-order valence-electron chi connectivity index (χ3n) is 5.59. The Morgan fingerprint density at radius 2 is 1.35 bits per heavy atom. The maximum atomic E-state index is 13.8. The number of ether oxygens (including phenoxy) is 3. The van der Waals surface area contributed by atoms with Crippen molar-refractivity contribution in [1.29, 1.82) is 0 Å². The number of hydrogen-bond donors (Lipinski definition) is 0. The van der Waals surface area contributed by atoms with Crippen LogP contribution in [0.25, 0.3) is 0 Å². The number of aromatic nitrogens is 1. The monoisotopic (exact) mass is 488 g/mol. The topological polar surface area (TPSA) is 78.0 Å². The van der Waals surface area contributed by atoms with E-state index >= 15 is 0 Å². The van der Waals surface area contributed by atoms with Crippen LogP contribution in [0.1, 0.15) is 29.8 Å². The highest BCUT2D eigenvalue weighted by atomic mass is 32.2. The summed E-state index contributed by atoms with van der Waals surface area (Å²) in [6, 6.07) is 17.1. The number of methoxy groups -OCH3 is 3. The van der Waals surface area contributed by atoms with Crippen molar-refractivity contribution in [2.45, 2.75) is 31.4 Å². The summed E-state index contributed by atoms with van der Waals surface area (Å²) in [5.74, 6) is 0.863. The van der Waals surface area contributed by atoms with E-state index in [4.69, 9.17) is 14.2 Å². The van der Waals surface area contributed by atoms with Crippen LogP contribution >= 0.6 is 0 Å². The van der Waals surface area contributed by atoms with Crippen LogP contribution in [0.4, 0.5) is 4.39 Å². The zero-order chi connectivity index (χ0) is 24.7. The first kappa shape index (κ1) is 25.6. The van der Waals surface area contributed by atoms with E-state index < -0.39 is 27.2 Å². The first-order valence-corrected chi connectivity index (χ1v) is 12.2. The lowest BCUT2D eigenvalue weighted by Crippen LogP contribution is -2.40. The van der Waals surface area contributed by atoms with Gasteiger partial charge in [0, 0.05) is 20.2 Å². The summed E-state index contributed by atoms with van der Waals surface area (Å²) in [4.78, 5) is 4.04. The molecular formula is C25H29FN2O5S. The van der Waals surface area contributed by atoms with E-state index in [1.165, 1.54) is 23.5 Å². The molecule has 1 aromatic heterocycles. The van der Waals surface area contributed by atoms with Gasteiger partial charge >= 0.3 is 0 Å². The average molecular weight is 489 g/mol. The Morgan fingerprint density at radius 3 is 1.74 bits per heavy atom. The molecule has 0 unspecified atom stereocenters. The van der Waals surface area contributed by atoms with Crippen molar-refractivity contribution >= 4 is 10.0 Å². The molecule has 0 fully saturated rings. The molecule has 0 aliphatic heterocycles. The molecule has 0 N–H and O–H groups in total. The van der Waals surface area contributed by atoms with Crippen LogP contribution in [-0.2, 0) is 27.8 Å². The van der Waals surface area contributed by atoms with Crippen LogP contribution in [-0.4, -0.2) is 44.3 Å². The molecule has 2 atom stereocenters. The average Bonchev–Trinajstić information content (AvgIpc) is 2.86. The van der Waals surface area contributed by atoms with Gasteiger partial charge in [0.25, 0.3) is 0 Å². The predicted molar refractivity (Wildman–Crippen MR) is 128 cm³/mol. The van der Waals surface area contributed by atoms with Gasteiger partial charge in [0.2, 0.25) is 10.0 Å². The van der Waals surface area contributed by atoms with E-state index in [2.05, 4.69) is 4.98 Å². The van der Waals surface area contributed by atoms with E-state index in [1.807, 2.05) is 24.3 Å². The van der Waals surface area contributed by atoms with Crippen molar-refractivity contribution in [3.05, 3.63) is 89.5 Å². The molecule has 1 heterocycles. The highest BCUT2D eigenvalue weighted by Gasteiger charge is 2.36. The van der Waals surface area contributed by atoms with E-state index in [0.29, 0.717) is 17.2 Å². The summed E-state index contributed by atoms with van der Waals surface area (Å²) in [7, 11) is 0.679. The maximum absolute atomic E-state index is 13.8. The highest BCUT2D eigenvalue weighted by Crippen LogP contribution is 2.29. The lowest BCUT2D eigenvalue weighted by molar-refractivity contribution is 0.0967. The quantitative estimate of drug-likeness (QED) is 0.399. The normalized spacial score (nSPS) is 13.5. The summed E-state index contributed by atoms with van der Waals surface area (Å²) in [5.41, 5.74) is 1.95. The molecule has 3 rings (SSSR count). The van der Waals surface area contributed by atoms with Crippen molar-refractivity contribution in [1.82, 2.24) is 9.29 Å². The van der Waals surface area contributed by atoms with Crippen LogP contribution in [0, 0.1) is 5.82 Å². The Bertz CT molecular complexity index is 1100. The third kappa shape index (κ3) is 6.11. The van der Waals surface area contributed by atoms with Crippen molar-refractivity contribution in [3.8, 4) is 11.5 Å². The van der Waals surface area contributed by atoms with Gasteiger partial charge in [-0.1, -0.05) is 24.3 Å². The minimum atomic E-state index is -3.89. The Morgan fingerprint density at radius 1 is 0.853 bits per heavy atom. The molecule has 0 amide bonds. The fraction of sp³-hybridized carbons (Fsp3) is 0.320. The van der Waals surface area contributed by atoms with Gasteiger partial charge in [0.15, 0.2) is 0 Å². The summed E-state index contributed by atoms with van der Waals surface area (Å²) < 4.78 is 58.3. The van der Waals surface area contributed by atoms with Crippen molar-refractivity contribution in [2.24, 2.45) is 0 Å². The predicted octanol–water partition coefficient (Wildman–Crippen LogP) is 4.35. The Balaban J connectivity index is 1.94. The van der Waals surface area contributed by atoms with Gasteiger partial charge in [-0.05, 0) is 54.4 Å². The number of nitrogens with zero attached hydrogens (tertiary/aromatic N) is 2. The second-order valence-corrected chi connectivity index (χ2v) is 10.1. The molecule has 3 aromatic rings. The van der Waals surface area contributed by atoms with Gasteiger partial charge in [-0.2, -0.15) is 4.31 Å². The molecule has 2 aromatic carbocycles. The molecule has 182 valence electrons. The van der Waals surface area contributed by atoms with Gasteiger partial charge in [-0.3, -0.25) is 4.98 Å². The standard InChI is InChI=1S/C25H29FN2O5S/c1-18(25(33-4)24-14-9-21(26)15-27-24)34(29,30)28(16-19-5-10-22(31-2)11-6-19)17-20-7-12-23(32-3)13-8-20/h5-15,18,25H,16-17H2,1-4H3/t18-,25-/m0/s1. The molecule has 0 aliphatic rings. The Kier molecular flexibility index (Phi) is 8.60. The number of hydrogen-bond acceptors (Lipinski definition) is 6. The second kappa shape index (κ2) is 11.4. The van der Waals surface area contributed by atoms with E-state index in [9.17, 15) is 12.8 Å². The number of sulfonamides is 1. The van der Waals surface area contributed by atoms with Crippen LogP contribution in [0.15, 0.2) is 66.9 Å². The summed E-state index contributed by atoms with van der Waals surface area (Å²) in [5, 5.41) is -0.980. The molecular weight excluding hydrogens is 459 g/mol. The zero-order valence-electron chi connectivity index (χ0n) is 19.6. The van der Waals surface area contributed by atoms with Crippen LogP contribution in [0.3, 0.4) is 0 Å². The first-order valence-electron chi connectivity index (χ1n) is 10.7. The van der Waals surface area contributed by atoms with Gasteiger partial charge in [-0.15, -0.1) is 0 Å². The molecule has 0 radical (unpaired) electrons. The molecule has 7 nitrogen and oxygen atoms in total. The summed E-state index contributed by atoms with van der Waals surface area (Å²) >= 11 is 0. The lowest BCUT2D eigenvalue weighted by atomic mass is 10.2. The minimum Gasteiger partial charge on any atom is -0.497 e. The van der Waals surface area contributed by atoms with E-state index in [-0.39, 0.29) is 13.1 Å². The molecule has 34 heavy (non-hydrogen) atoms. The largest absolute Gasteiger partial charge is 0.497 e. The highest BCUT2D eigenvalue weighted by molar-refractivity contribution is 7.89. The number of rotatable bonds is 11. The zero-order valence-corrected chi connectivity index (χ0v) is 20.5. The molecule has 9 heteroatoms. The molecule has 0 saturated carbocycles. The van der Waals surface area contributed by atoms with Crippen LogP contribution < -0.4 is 9.47 Å². The Hall–Kier alpha value is -3.01. The smallest absolute Gasteiger partial charge is 0.220 e. The van der Waals surface area contributed by atoms with Crippen molar-refractivity contribution < 1.29 is 27.0 Å². The second-order valence-electron chi connectivity index (χ2n) is 7.77. The summed E-state index contributed by atoms with van der Waals surface area (Å²) in [6.45, 7) is 1.87. The van der Waals surface area contributed by atoms with Crippen molar-refractivity contribution in [2.75, 3.05) is 21.3 Å². The fourth-order valence-electron chi connectivity index (χ4n) is 3.60. The SMILES string of the molecule is COc1ccc(CN(Cc2ccc(OC)cc2)S(=O)(=O)[C@@H](C)[C@H](OC)c2ccc(F)cn2)cc1. The van der Waals surface area contributed by atoms with Gasteiger partial charge in [0.05, 0.1) is 26.1 Å². The lowest BCUT2D eigenvalue weighted by Gasteiger charge is -2.30. The number of benzene rings is 2. The molecule has 0 saturated heterocycles. The van der Waals surface area contributed by atoms with Gasteiger partial charge in [0.1, 0.15) is 28.7 Å². The van der Waals surface area contributed by atoms with Gasteiger partial charge < -0.3 is 14.2 Å². The fourth-order valence-corrected chi connectivity index (χ4v) is 5.30. The van der Waals surface area contributed by atoms with Crippen molar-refractivity contribution in [3.63, 3.8) is 0 Å². The number of pyridine rings is 1. The third-order valence-corrected chi connectivity index (χ3v) is 7.75. The molecule has 0 spiro atoms.